The third-order valence-electron chi connectivity index (χ3n) is 9.18. The van der Waals surface area contributed by atoms with Crippen LogP contribution in [-0.2, 0) is 26.2 Å². The van der Waals surface area contributed by atoms with Crippen molar-refractivity contribution in [1.29, 1.82) is 0 Å². The molecular weight excluding hydrogens is 593 g/mol. The van der Waals surface area contributed by atoms with E-state index in [4.69, 9.17) is 9.47 Å². The van der Waals surface area contributed by atoms with Gasteiger partial charge in [0, 0.05) is 18.1 Å². The Morgan fingerprint density at radius 3 is 2.41 bits per heavy atom. The van der Waals surface area contributed by atoms with Crippen molar-refractivity contribution in [2.75, 3.05) is 6.61 Å². The lowest BCUT2D eigenvalue weighted by Gasteiger charge is -2.40. The Morgan fingerprint density at radius 2 is 1.73 bits per heavy atom. The van der Waals surface area contributed by atoms with Crippen molar-refractivity contribution < 1.29 is 55.2 Å². The van der Waals surface area contributed by atoms with E-state index in [1.807, 2.05) is 0 Å². The highest BCUT2D eigenvalue weighted by atomic mass is 19.4. The number of nitrogens with one attached hydrogen (secondary N) is 1. The van der Waals surface area contributed by atoms with Gasteiger partial charge >= 0.3 is 18.6 Å². The molecule has 3 atom stereocenters. The van der Waals surface area contributed by atoms with Crippen LogP contribution in [0.15, 0.2) is 30.3 Å². The van der Waals surface area contributed by atoms with Gasteiger partial charge in [0.05, 0.1) is 24.0 Å². The van der Waals surface area contributed by atoms with Gasteiger partial charge in [-0.1, -0.05) is 0 Å². The number of hydrogen-bond acceptors (Lipinski definition) is 7. The molecule has 2 aromatic rings. The van der Waals surface area contributed by atoms with Crippen molar-refractivity contribution >= 4 is 11.9 Å². The maximum Gasteiger partial charge on any atom is 0.586 e. The third kappa shape index (κ3) is 5.84. The van der Waals surface area contributed by atoms with E-state index in [9.17, 15) is 31.5 Å². The monoisotopic (exact) mass is 625 g/mol. The minimum absolute atomic E-state index is 0.00961. The van der Waals surface area contributed by atoms with Crippen molar-refractivity contribution in [2.24, 2.45) is 11.8 Å². The average molecular weight is 626 g/mol. The second kappa shape index (κ2) is 11.0. The van der Waals surface area contributed by atoms with Gasteiger partial charge in [0.15, 0.2) is 11.5 Å². The molecule has 0 bridgehead atoms. The Bertz CT molecular complexity index is 1460. The molecule has 1 saturated carbocycles. The number of rotatable bonds is 6. The minimum atomic E-state index is -4.90. The van der Waals surface area contributed by atoms with Crippen LogP contribution in [-0.4, -0.2) is 37.2 Å². The first-order valence-corrected chi connectivity index (χ1v) is 14.7. The molecule has 6 rings (SSSR count). The van der Waals surface area contributed by atoms with Crippen LogP contribution in [0.5, 0.6) is 23.0 Å². The van der Waals surface area contributed by atoms with Crippen LogP contribution in [0, 0.1) is 11.8 Å². The molecule has 0 saturated heterocycles. The molecule has 8 nitrogen and oxygen atoms in total. The van der Waals surface area contributed by atoms with Crippen LogP contribution in [0.25, 0.3) is 0 Å². The predicted molar refractivity (Wildman–Crippen MR) is 143 cm³/mol. The standard InChI is InChI=1S/C31H32F5NO7/c1-3-40-27(38)17-6-4-16(5-7-17)23-15-22(20-9-8-19(13-24(20)41-23)42-30(32,33)34)37-28(39)29(2)11-10-18-12-25-26(14-21(18)29)44-31(35,36)43-25/h8-9,12-14,16-17,22-23H,3-7,10-11,15H2,1-2H3,(H,37,39)/t16?,17?,22-,23-,29+/m1/s1. The lowest BCUT2D eigenvalue weighted by atomic mass is 9.76. The van der Waals surface area contributed by atoms with E-state index >= 15 is 0 Å². The molecule has 238 valence electrons. The number of aryl methyl sites for hydroxylation is 1. The number of benzene rings is 2. The molecule has 13 heteroatoms. The molecule has 2 aliphatic heterocycles. The second-order valence-corrected chi connectivity index (χ2v) is 12.0. The summed E-state index contributed by atoms with van der Waals surface area (Å²) in [5.74, 6) is -1.35. The van der Waals surface area contributed by atoms with E-state index < -0.39 is 36.0 Å². The lowest BCUT2D eigenvalue weighted by Crippen LogP contribution is -2.46. The first-order valence-electron chi connectivity index (χ1n) is 14.7. The summed E-state index contributed by atoms with van der Waals surface area (Å²) in [7, 11) is 0. The van der Waals surface area contributed by atoms with Crippen LogP contribution < -0.4 is 24.3 Å². The largest absolute Gasteiger partial charge is 0.586 e. The van der Waals surface area contributed by atoms with Crippen LogP contribution in [0.1, 0.15) is 75.1 Å². The van der Waals surface area contributed by atoms with Crippen molar-refractivity contribution in [1.82, 2.24) is 5.32 Å². The zero-order chi connectivity index (χ0) is 31.4. The van der Waals surface area contributed by atoms with E-state index in [1.54, 1.807) is 13.8 Å². The Kier molecular flexibility index (Phi) is 7.56. The Labute approximate surface area is 250 Å². The molecule has 1 N–H and O–H groups in total. The smallest absolute Gasteiger partial charge is 0.490 e. The maximum absolute atomic E-state index is 14.0. The summed E-state index contributed by atoms with van der Waals surface area (Å²) in [5, 5.41) is 3.09. The van der Waals surface area contributed by atoms with Gasteiger partial charge < -0.3 is 29.0 Å². The summed E-state index contributed by atoms with van der Waals surface area (Å²) < 4.78 is 91.1. The third-order valence-corrected chi connectivity index (χ3v) is 9.18. The number of carbonyl (C=O) groups is 2. The van der Waals surface area contributed by atoms with Gasteiger partial charge in [-0.2, -0.15) is 0 Å². The number of amides is 1. The normalized spacial score (nSPS) is 28.3. The zero-order valence-corrected chi connectivity index (χ0v) is 24.1. The first kappa shape index (κ1) is 30.3. The van der Waals surface area contributed by atoms with E-state index in [1.165, 1.54) is 30.3 Å². The van der Waals surface area contributed by atoms with Gasteiger partial charge in [0.2, 0.25) is 5.91 Å². The number of ether oxygens (including phenoxy) is 5. The molecule has 2 aliphatic carbocycles. The maximum atomic E-state index is 14.0. The molecule has 2 heterocycles. The van der Waals surface area contributed by atoms with E-state index in [0.29, 0.717) is 68.2 Å². The lowest BCUT2D eigenvalue weighted by molar-refractivity contribution is -0.286. The summed E-state index contributed by atoms with van der Waals surface area (Å²) in [6, 6.07) is 6.07. The SMILES string of the molecule is CCOC(=O)C1CCC([C@H]2C[C@@H](NC(=O)[C@@]3(C)CCc4cc5c(cc43)OC(F)(F)O5)c3ccc(OC(F)(F)F)cc3O2)CC1. The van der Waals surface area contributed by atoms with Crippen LogP contribution in [0.2, 0.25) is 0 Å². The topological polar surface area (TPSA) is 92.3 Å². The predicted octanol–water partition coefficient (Wildman–Crippen LogP) is 6.49. The zero-order valence-electron chi connectivity index (χ0n) is 24.1. The highest BCUT2D eigenvalue weighted by molar-refractivity contribution is 5.90. The van der Waals surface area contributed by atoms with Crippen molar-refractivity contribution in [3.8, 4) is 23.0 Å². The molecular formula is C31H32F5NO7. The van der Waals surface area contributed by atoms with Crippen LogP contribution in [0.4, 0.5) is 22.0 Å². The van der Waals surface area contributed by atoms with Crippen molar-refractivity contribution in [2.45, 2.75) is 89.0 Å². The van der Waals surface area contributed by atoms with Crippen LogP contribution in [0.3, 0.4) is 0 Å². The van der Waals surface area contributed by atoms with Crippen LogP contribution >= 0.6 is 0 Å². The molecule has 4 aliphatic rings. The average Bonchev–Trinajstić information content (AvgIpc) is 3.45. The fourth-order valence-corrected chi connectivity index (χ4v) is 6.92. The summed E-state index contributed by atoms with van der Waals surface area (Å²) in [6.45, 7) is 3.77. The number of alkyl halides is 5. The van der Waals surface area contributed by atoms with Gasteiger partial charge in [-0.3, -0.25) is 9.59 Å². The molecule has 0 aromatic heterocycles. The molecule has 0 radical (unpaired) electrons. The number of esters is 1. The summed E-state index contributed by atoms with van der Waals surface area (Å²) in [4.78, 5) is 26.2. The highest BCUT2D eigenvalue weighted by Gasteiger charge is 2.48. The fraction of sp³-hybridized carbons (Fsp3) is 0.548. The number of halogens is 5. The van der Waals surface area contributed by atoms with Crippen molar-refractivity contribution in [3.63, 3.8) is 0 Å². The Hall–Kier alpha value is -3.77. The minimum Gasteiger partial charge on any atom is -0.490 e. The summed E-state index contributed by atoms with van der Waals surface area (Å²) in [6.07, 6.45) is -5.45. The molecule has 44 heavy (non-hydrogen) atoms. The number of fused-ring (bicyclic) bond motifs is 3. The molecule has 0 unspecified atom stereocenters. The second-order valence-electron chi connectivity index (χ2n) is 12.0. The molecule has 2 aromatic carbocycles. The van der Waals surface area contributed by atoms with Gasteiger partial charge in [-0.25, -0.2) is 0 Å². The first-order chi connectivity index (χ1) is 20.7. The van der Waals surface area contributed by atoms with Gasteiger partial charge in [0.1, 0.15) is 17.6 Å². The number of carbonyl (C=O) groups excluding carboxylic acids is 2. The van der Waals surface area contributed by atoms with E-state index in [-0.39, 0.29) is 41.0 Å². The quantitative estimate of drug-likeness (QED) is 0.290. The molecule has 1 amide bonds. The number of hydrogen-bond donors (Lipinski definition) is 1. The summed E-state index contributed by atoms with van der Waals surface area (Å²) >= 11 is 0. The van der Waals surface area contributed by atoms with Gasteiger partial charge in [0.25, 0.3) is 0 Å². The van der Waals surface area contributed by atoms with E-state index in [0.717, 1.165) is 0 Å². The molecule has 0 spiro atoms. The summed E-state index contributed by atoms with van der Waals surface area (Å²) in [5.41, 5.74) is 0.651. The Balaban J connectivity index is 1.24. The van der Waals surface area contributed by atoms with E-state index in [2.05, 4.69) is 19.5 Å². The highest BCUT2D eigenvalue weighted by Crippen LogP contribution is 2.50. The van der Waals surface area contributed by atoms with Crippen molar-refractivity contribution in [3.05, 3.63) is 47.0 Å². The Morgan fingerprint density at radius 1 is 1.02 bits per heavy atom. The van der Waals surface area contributed by atoms with Gasteiger partial charge in [-0.15, -0.1) is 22.0 Å². The van der Waals surface area contributed by atoms with Gasteiger partial charge in [-0.05, 0) is 93.7 Å². The fourth-order valence-electron chi connectivity index (χ4n) is 6.92. The molecule has 1 fully saturated rings.